The molecule has 3 aliphatic rings. The lowest BCUT2D eigenvalue weighted by Gasteiger charge is -2.54. The van der Waals surface area contributed by atoms with Gasteiger partial charge in [0.05, 0.1) is 6.61 Å². The quantitative estimate of drug-likeness (QED) is 0.770. The van der Waals surface area contributed by atoms with E-state index >= 15 is 0 Å². The van der Waals surface area contributed by atoms with Gasteiger partial charge in [-0.25, -0.2) is 0 Å². The molecular weight excluding hydrogens is 186 g/mol. The van der Waals surface area contributed by atoms with E-state index in [4.69, 9.17) is 4.74 Å². The van der Waals surface area contributed by atoms with E-state index in [9.17, 15) is 0 Å². The number of ether oxygens (including phenoxy) is 1. The molecule has 2 aliphatic carbocycles. The third-order valence-corrected chi connectivity index (χ3v) is 4.72. The van der Waals surface area contributed by atoms with E-state index in [1.54, 1.807) is 0 Å². The van der Waals surface area contributed by atoms with Crippen LogP contribution in [0.1, 0.15) is 44.9 Å². The topological polar surface area (TPSA) is 21.3 Å². The Morgan fingerprint density at radius 1 is 1.20 bits per heavy atom. The van der Waals surface area contributed by atoms with Gasteiger partial charge in [-0.2, -0.15) is 0 Å². The summed E-state index contributed by atoms with van der Waals surface area (Å²) >= 11 is 0. The monoisotopic (exact) mass is 209 g/mol. The van der Waals surface area contributed by atoms with Crippen LogP contribution in [0.25, 0.3) is 0 Å². The lowest BCUT2D eigenvalue weighted by Crippen LogP contribution is -2.53. The Bertz CT molecular complexity index is 211. The summed E-state index contributed by atoms with van der Waals surface area (Å²) in [6.45, 7) is 3.18. The zero-order valence-corrected chi connectivity index (χ0v) is 9.63. The number of nitrogens with one attached hydrogen (secondary N) is 1. The molecule has 0 radical (unpaired) electrons. The van der Waals surface area contributed by atoms with E-state index in [1.165, 1.54) is 51.5 Å². The molecule has 2 nitrogen and oxygen atoms in total. The molecule has 15 heavy (non-hydrogen) atoms. The van der Waals surface area contributed by atoms with Gasteiger partial charge in [0, 0.05) is 19.2 Å². The molecule has 1 spiro atoms. The average molecular weight is 209 g/mol. The molecule has 86 valence electrons. The maximum atomic E-state index is 5.50. The van der Waals surface area contributed by atoms with E-state index in [0.717, 1.165) is 30.6 Å². The van der Waals surface area contributed by atoms with Crippen molar-refractivity contribution >= 4 is 0 Å². The molecule has 1 atom stereocenters. The van der Waals surface area contributed by atoms with Crippen molar-refractivity contribution in [2.24, 2.45) is 11.3 Å². The Hall–Kier alpha value is -0.0800. The highest BCUT2D eigenvalue weighted by atomic mass is 16.5. The van der Waals surface area contributed by atoms with Crippen LogP contribution in [0.15, 0.2) is 0 Å². The number of rotatable bonds is 3. The lowest BCUT2D eigenvalue weighted by atomic mass is 9.54. The number of hydrogen-bond acceptors (Lipinski definition) is 2. The van der Waals surface area contributed by atoms with E-state index < -0.39 is 0 Å². The van der Waals surface area contributed by atoms with Crippen LogP contribution in [0, 0.1) is 11.3 Å². The van der Waals surface area contributed by atoms with Gasteiger partial charge in [0.2, 0.25) is 0 Å². The minimum atomic E-state index is 0.789. The van der Waals surface area contributed by atoms with Gasteiger partial charge in [0.1, 0.15) is 0 Å². The fourth-order valence-corrected chi connectivity index (χ4v) is 3.52. The predicted octanol–water partition coefficient (Wildman–Crippen LogP) is 2.34. The Labute approximate surface area is 92.8 Å². The zero-order chi connectivity index (χ0) is 10.1. The summed E-state index contributed by atoms with van der Waals surface area (Å²) in [6, 6.07) is 0.840. The largest absolute Gasteiger partial charge is 0.381 e. The van der Waals surface area contributed by atoms with Crippen LogP contribution < -0.4 is 5.32 Å². The van der Waals surface area contributed by atoms with Crippen LogP contribution in [0.2, 0.25) is 0 Å². The molecule has 2 saturated carbocycles. The molecule has 1 aliphatic heterocycles. The Kier molecular flexibility index (Phi) is 2.73. The van der Waals surface area contributed by atoms with E-state index in [0.29, 0.717) is 0 Å². The van der Waals surface area contributed by atoms with Crippen LogP contribution in [-0.4, -0.2) is 25.8 Å². The van der Waals surface area contributed by atoms with Crippen molar-refractivity contribution in [1.82, 2.24) is 5.32 Å². The third-order valence-electron chi connectivity index (χ3n) is 4.72. The van der Waals surface area contributed by atoms with Gasteiger partial charge in [0.15, 0.2) is 0 Å². The van der Waals surface area contributed by atoms with E-state index in [1.807, 2.05) is 0 Å². The smallest absolute Gasteiger partial charge is 0.0506 e. The first-order valence-corrected chi connectivity index (χ1v) is 6.68. The minimum Gasteiger partial charge on any atom is -0.381 e. The van der Waals surface area contributed by atoms with Gasteiger partial charge < -0.3 is 10.1 Å². The Balaban J connectivity index is 1.33. The molecule has 0 aromatic rings. The summed E-state index contributed by atoms with van der Waals surface area (Å²) in [5.74, 6) is 0.789. The van der Waals surface area contributed by atoms with Gasteiger partial charge in [-0.1, -0.05) is 6.42 Å². The minimum absolute atomic E-state index is 0.789. The van der Waals surface area contributed by atoms with Crippen molar-refractivity contribution in [3.05, 3.63) is 0 Å². The first kappa shape index (κ1) is 10.1. The van der Waals surface area contributed by atoms with Gasteiger partial charge in [0.25, 0.3) is 0 Å². The maximum Gasteiger partial charge on any atom is 0.0506 e. The van der Waals surface area contributed by atoms with Gasteiger partial charge in [-0.05, 0) is 49.9 Å². The molecule has 1 N–H and O–H groups in total. The fraction of sp³-hybridized carbons (Fsp3) is 1.00. The van der Waals surface area contributed by atoms with E-state index in [-0.39, 0.29) is 0 Å². The van der Waals surface area contributed by atoms with Crippen LogP contribution in [0.5, 0.6) is 0 Å². The zero-order valence-electron chi connectivity index (χ0n) is 9.63. The molecule has 2 heteroatoms. The first-order chi connectivity index (χ1) is 7.36. The van der Waals surface area contributed by atoms with Crippen molar-refractivity contribution in [1.29, 1.82) is 0 Å². The second-order valence-electron chi connectivity index (χ2n) is 5.95. The SMILES string of the molecule is C1COCC(CNC2CC3(CCC3)C2)C1. The highest BCUT2D eigenvalue weighted by Gasteiger charge is 2.47. The van der Waals surface area contributed by atoms with Gasteiger partial charge in [-0.15, -0.1) is 0 Å². The summed E-state index contributed by atoms with van der Waals surface area (Å²) in [4.78, 5) is 0. The van der Waals surface area contributed by atoms with E-state index in [2.05, 4.69) is 5.32 Å². The van der Waals surface area contributed by atoms with Crippen LogP contribution >= 0.6 is 0 Å². The molecule has 3 rings (SSSR count). The van der Waals surface area contributed by atoms with Crippen LogP contribution in [0.4, 0.5) is 0 Å². The summed E-state index contributed by atoms with van der Waals surface area (Å²) in [6.07, 6.45) is 10.1. The fourth-order valence-electron chi connectivity index (χ4n) is 3.52. The molecule has 0 amide bonds. The van der Waals surface area contributed by atoms with Gasteiger partial charge >= 0.3 is 0 Å². The summed E-state index contributed by atoms with van der Waals surface area (Å²) < 4.78 is 5.50. The average Bonchev–Trinajstić information content (AvgIpc) is 2.15. The number of hydrogen-bond donors (Lipinski definition) is 1. The molecule has 1 saturated heterocycles. The van der Waals surface area contributed by atoms with Crippen molar-refractivity contribution in [3.8, 4) is 0 Å². The molecule has 0 bridgehead atoms. The highest BCUT2D eigenvalue weighted by molar-refractivity contribution is 5.02. The second kappa shape index (κ2) is 4.06. The van der Waals surface area contributed by atoms with Crippen molar-refractivity contribution < 1.29 is 4.74 Å². The summed E-state index contributed by atoms with van der Waals surface area (Å²) in [7, 11) is 0. The Morgan fingerprint density at radius 2 is 2.07 bits per heavy atom. The predicted molar refractivity (Wildman–Crippen MR) is 60.9 cm³/mol. The maximum absolute atomic E-state index is 5.50. The summed E-state index contributed by atoms with van der Waals surface area (Å²) in [5, 5.41) is 3.73. The Morgan fingerprint density at radius 3 is 2.67 bits per heavy atom. The highest BCUT2D eigenvalue weighted by Crippen LogP contribution is 2.55. The molecule has 0 aromatic carbocycles. The van der Waals surface area contributed by atoms with Crippen molar-refractivity contribution in [2.45, 2.75) is 51.0 Å². The van der Waals surface area contributed by atoms with Crippen molar-refractivity contribution in [2.75, 3.05) is 19.8 Å². The standard InChI is InChI=1S/C13H23NO/c1-3-11(10-15-6-1)9-14-12-7-13(8-12)4-2-5-13/h11-12,14H,1-10H2. The molecule has 1 unspecified atom stereocenters. The van der Waals surface area contributed by atoms with Crippen molar-refractivity contribution in [3.63, 3.8) is 0 Å². The molecule has 0 aromatic heterocycles. The molecular formula is C13H23NO. The van der Waals surface area contributed by atoms with Gasteiger partial charge in [-0.3, -0.25) is 0 Å². The normalized spacial score (nSPS) is 34.8. The van der Waals surface area contributed by atoms with Crippen LogP contribution in [0.3, 0.4) is 0 Å². The second-order valence-corrected chi connectivity index (χ2v) is 5.95. The molecule has 1 heterocycles. The third kappa shape index (κ3) is 2.07. The first-order valence-electron chi connectivity index (χ1n) is 6.68. The van der Waals surface area contributed by atoms with Crippen LogP contribution in [-0.2, 0) is 4.74 Å². The lowest BCUT2D eigenvalue weighted by molar-refractivity contribution is -0.00809. The summed E-state index contributed by atoms with van der Waals surface area (Å²) in [5.41, 5.74) is 0.820. The molecule has 3 fully saturated rings.